The van der Waals surface area contributed by atoms with Crippen LogP contribution in [-0.2, 0) is 0 Å². The van der Waals surface area contributed by atoms with Gasteiger partial charge in [0.2, 0.25) is 0 Å². The zero-order valence-electron chi connectivity index (χ0n) is 27.3. The molecule has 4 heteroatoms. The van der Waals surface area contributed by atoms with Gasteiger partial charge in [0.15, 0.2) is 5.78 Å². The van der Waals surface area contributed by atoms with E-state index in [0.29, 0.717) is 0 Å². The van der Waals surface area contributed by atoms with Crippen LogP contribution in [0.5, 0.6) is 0 Å². The molecule has 0 aliphatic rings. The SMILES string of the molecule is Brc1ccc2ccc3ccccc3c2c1.C.C.CC(=O)c1ccc2ccc3ccccc3c2c1.CCl.Nc1ccc2ccc3ccccc3c2c1. The highest BCUT2D eigenvalue weighted by Gasteiger charge is 2.04. The molecule has 9 aromatic rings. The lowest BCUT2D eigenvalue weighted by atomic mass is 9.99. The van der Waals surface area contributed by atoms with Gasteiger partial charge in [-0.2, -0.15) is 0 Å². The molecule has 0 aliphatic heterocycles. The van der Waals surface area contributed by atoms with E-state index in [0.717, 1.165) is 21.1 Å². The summed E-state index contributed by atoms with van der Waals surface area (Å²) < 4.78 is 1.13. The van der Waals surface area contributed by atoms with Gasteiger partial charge in [-0.25, -0.2) is 0 Å². The lowest BCUT2D eigenvalue weighted by Crippen LogP contribution is -1.91. The maximum atomic E-state index is 11.4. The van der Waals surface area contributed by atoms with Gasteiger partial charge in [-0.15, -0.1) is 11.6 Å². The topological polar surface area (TPSA) is 43.1 Å². The van der Waals surface area contributed by atoms with Crippen LogP contribution in [0.25, 0.3) is 64.6 Å². The smallest absolute Gasteiger partial charge is 0.159 e. The Hall–Kier alpha value is -5.22. The summed E-state index contributed by atoms with van der Waals surface area (Å²) in [6, 6.07) is 56.3. The van der Waals surface area contributed by atoms with Crippen molar-refractivity contribution in [2.24, 2.45) is 0 Å². The van der Waals surface area contributed by atoms with Gasteiger partial charge in [0, 0.05) is 22.1 Å². The van der Waals surface area contributed by atoms with E-state index in [-0.39, 0.29) is 20.6 Å². The number of nitrogens with two attached hydrogens (primary N) is 1. The summed E-state index contributed by atoms with van der Waals surface area (Å²) in [6.45, 7) is 1.60. The molecule has 0 spiro atoms. The number of benzene rings is 9. The number of rotatable bonds is 1. The molecule has 0 unspecified atom stereocenters. The Labute approximate surface area is 314 Å². The van der Waals surface area contributed by atoms with Crippen LogP contribution in [0.2, 0.25) is 0 Å². The number of hydrogen-bond acceptors (Lipinski definition) is 2. The third-order valence-electron chi connectivity index (χ3n) is 8.63. The lowest BCUT2D eigenvalue weighted by Gasteiger charge is -2.05. The summed E-state index contributed by atoms with van der Waals surface area (Å²) in [5.41, 5.74) is 7.41. The number of fused-ring (bicyclic) bond motifs is 9. The van der Waals surface area contributed by atoms with E-state index in [1.807, 2.05) is 42.5 Å². The van der Waals surface area contributed by atoms with E-state index < -0.39 is 0 Å². The second-order valence-corrected chi connectivity index (χ2v) is 12.6. The highest BCUT2D eigenvalue weighted by Crippen LogP contribution is 2.29. The minimum Gasteiger partial charge on any atom is -0.399 e. The van der Waals surface area contributed by atoms with Crippen molar-refractivity contribution in [3.8, 4) is 0 Å². The van der Waals surface area contributed by atoms with Crippen molar-refractivity contribution in [3.63, 3.8) is 0 Å². The molecular formula is C47H43BrClNO. The Morgan fingerprint density at radius 3 is 1.24 bits per heavy atom. The Bertz CT molecular complexity index is 2480. The average molecular weight is 753 g/mol. The molecule has 0 atom stereocenters. The predicted molar refractivity (Wildman–Crippen MR) is 232 cm³/mol. The second kappa shape index (κ2) is 17.6. The standard InChI is InChI=1S/C16H12O.C14H9Br.C14H11N.CH3Cl.2CH4/c1-11(17)14-9-8-13-7-6-12-4-2-3-5-15(12)16(13)10-14;2*15-12-8-7-11-6-5-10-3-1-2-4-13(10)14(11)9-12;1-2;;/h2-10H,1H3;1-9H;1-9H,15H2;1H3;2*1H4. The van der Waals surface area contributed by atoms with E-state index in [1.54, 1.807) is 6.92 Å². The minimum atomic E-state index is 0. The van der Waals surface area contributed by atoms with Gasteiger partial charge in [-0.1, -0.05) is 164 Å². The molecule has 51 heavy (non-hydrogen) atoms. The molecule has 0 saturated carbocycles. The van der Waals surface area contributed by atoms with E-state index in [1.165, 1.54) is 65.6 Å². The number of nitrogen functional groups attached to an aromatic ring is 1. The Kier molecular flexibility index (Phi) is 13.3. The number of carbonyl (C=O) groups excluding carboxylic acids is 1. The van der Waals surface area contributed by atoms with E-state index >= 15 is 0 Å². The maximum Gasteiger partial charge on any atom is 0.159 e. The number of ketones is 1. The van der Waals surface area contributed by atoms with E-state index in [4.69, 9.17) is 5.73 Å². The molecule has 0 aromatic heterocycles. The van der Waals surface area contributed by atoms with Gasteiger partial charge >= 0.3 is 0 Å². The van der Waals surface area contributed by atoms with Crippen molar-refractivity contribution < 1.29 is 4.79 Å². The fraction of sp³-hybridized carbons (Fsp3) is 0.0851. The maximum absolute atomic E-state index is 11.4. The number of hydrogen-bond donors (Lipinski definition) is 1. The Morgan fingerprint density at radius 2 is 0.784 bits per heavy atom. The van der Waals surface area contributed by atoms with Gasteiger partial charge in [0.25, 0.3) is 0 Å². The van der Waals surface area contributed by atoms with E-state index in [9.17, 15) is 4.79 Å². The van der Waals surface area contributed by atoms with Gasteiger partial charge < -0.3 is 5.73 Å². The molecule has 256 valence electrons. The fourth-order valence-corrected chi connectivity index (χ4v) is 6.58. The molecular weight excluding hydrogens is 710 g/mol. The second-order valence-electron chi connectivity index (χ2n) is 11.7. The number of alkyl halides is 1. The molecule has 0 fully saturated rings. The van der Waals surface area contributed by atoms with Gasteiger partial charge in [0.1, 0.15) is 0 Å². The largest absolute Gasteiger partial charge is 0.399 e. The van der Waals surface area contributed by atoms with Gasteiger partial charge in [-0.05, 0) is 102 Å². The number of halogens is 2. The van der Waals surface area contributed by atoms with Crippen molar-refractivity contribution in [3.05, 3.63) is 174 Å². The van der Waals surface area contributed by atoms with Crippen LogP contribution in [0.4, 0.5) is 5.69 Å². The first kappa shape index (κ1) is 38.6. The molecule has 0 amide bonds. The molecule has 2 N–H and O–H groups in total. The van der Waals surface area contributed by atoms with Crippen LogP contribution in [0.1, 0.15) is 32.1 Å². The Balaban J connectivity index is 0.000000165. The molecule has 0 saturated heterocycles. The quantitative estimate of drug-likeness (QED) is 0.0785. The first-order valence-electron chi connectivity index (χ1n) is 16.0. The summed E-state index contributed by atoms with van der Waals surface area (Å²) in [4.78, 5) is 11.4. The van der Waals surface area contributed by atoms with Crippen molar-refractivity contribution in [1.82, 2.24) is 0 Å². The zero-order valence-corrected chi connectivity index (χ0v) is 29.7. The highest BCUT2D eigenvalue weighted by atomic mass is 79.9. The highest BCUT2D eigenvalue weighted by molar-refractivity contribution is 9.10. The summed E-state index contributed by atoms with van der Waals surface area (Å²) >= 11 is 8.16. The number of carbonyl (C=O) groups is 1. The zero-order chi connectivity index (χ0) is 34.3. The van der Waals surface area contributed by atoms with Crippen LogP contribution in [-0.4, -0.2) is 12.2 Å². The van der Waals surface area contributed by atoms with Crippen LogP contribution in [0, 0.1) is 0 Å². The molecule has 9 aromatic carbocycles. The molecule has 0 aliphatic carbocycles. The van der Waals surface area contributed by atoms with Crippen molar-refractivity contribution in [2.75, 3.05) is 12.1 Å². The van der Waals surface area contributed by atoms with Gasteiger partial charge in [0.05, 0.1) is 0 Å². The number of Topliss-reactive ketones (excluding diaryl/α,β-unsaturated/α-hetero) is 1. The minimum absolute atomic E-state index is 0. The third-order valence-corrected chi connectivity index (χ3v) is 9.13. The van der Waals surface area contributed by atoms with Crippen molar-refractivity contribution in [2.45, 2.75) is 21.8 Å². The first-order chi connectivity index (χ1) is 23.9. The Morgan fingerprint density at radius 1 is 0.451 bits per heavy atom. The predicted octanol–water partition coefficient (Wildman–Crippen LogP) is 14.7. The first-order valence-corrected chi connectivity index (χ1v) is 17.5. The average Bonchev–Trinajstić information content (AvgIpc) is 3.15. The van der Waals surface area contributed by atoms with Crippen LogP contribution in [0.15, 0.2) is 168 Å². The van der Waals surface area contributed by atoms with E-state index in [2.05, 4.69) is 149 Å². The molecule has 0 bridgehead atoms. The number of anilines is 1. The molecule has 2 nitrogen and oxygen atoms in total. The summed E-state index contributed by atoms with van der Waals surface area (Å²) in [6.07, 6.45) is 1.47. The third kappa shape index (κ3) is 8.57. The summed E-state index contributed by atoms with van der Waals surface area (Å²) in [5, 5.41) is 14.9. The monoisotopic (exact) mass is 751 g/mol. The van der Waals surface area contributed by atoms with Gasteiger partial charge in [-0.3, -0.25) is 4.79 Å². The van der Waals surface area contributed by atoms with Crippen LogP contribution in [0.3, 0.4) is 0 Å². The molecule has 9 rings (SSSR count). The summed E-state index contributed by atoms with van der Waals surface area (Å²) in [7, 11) is 0. The molecule has 0 radical (unpaired) electrons. The van der Waals surface area contributed by atoms with Crippen LogP contribution < -0.4 is 5.73 Å². The molecule has 0 heterocycles. The van der Waals surface area contributed by atoms with Crippen LogP contribution >= 0.6 is 27.5 Å². The fourth-order valence-electron chi connectivity index (χ4n) is 6.21. The lowest BCUT2D eigenvalue weighted by molar-refractivity contribution is 0.101. The summed E-state index contributed by atoms with van der Waals surface area (Å²) in [5.74, 6) is 0.111. The van der Waals surface area contributed by atoms with Crippen molar-refractivity contribution >= 4 is 104 Å². The van der Waals surface area contributed by atoms with Crippen molar-refractivity contribution in [1.29, 1.82) is 0 Å². The normalized spacial score (nSPS) is 10.2.